The smallest absolute Gasteiger partial charge is 0.414 e. The van der Waals surface area contributed by atoms with Crippen LogP contribution in [0.1, 0.15) is 11.1 Å². The topological polar surface area (TPSA) is 67.9 Å². The number of anilines is 1. The standard InChI is InChI=1S/C20H22N2O4/c1-14-3-7-16(8-4-14)22-13-18(26-20(22)24)12-21-19(23)11-15-5-9-17(25-2)10-6-15/h3-10,18H,11-13H2,1-2H3,(H,21,23). The molecule has 1 heterocycles. The van der Waals surface area contributed by atoms with E-state index in [0.717, 1.165) is 22.6 Å². The average Bonchev–Trinajstić information content (AvgIpc) is 3.02. The number of benzene rings is 2. The van der Waals surface area contributed by atoms with Gasteiger partial charge in [0.25, 0.3) is 0 Å². The van der Waals surface area contributed by atoms with Crippen molar-refractivity contribution >= 4 is 17.7 Å². The number of hydrogen-bond acceptors (Lipinski definition) is 4. The molecule has 1 aliphatic rings. The van der Waals surface area contributed by atoms with Gasteiger partial charge in [-0.1, -0.05) is 29.8 Å². The summed E-state index contributed by atoms with van der Waals surface area (Å²) in [6.07, 6.45) is -0.473. The van der Waals surface area contributed by atoms with Crippen LogP contribution in [0.3, 0.4) is 0 Å². The number of nitrogens with zero attached hydrogens (tertiary/aromatic N) is 1. The van der Waals surface area contributed by atoms with Crippen LogP contribution in [0.15, 0.2) is 48.5 Å². The summed E-state index contributed by atoms with van der Waals surface area (Å²) in [5, 5.41) is 2.83. The lowest BCUT2D eigenvalue weighted by Gasteiger charge is -2.13. The molecule has 0 saturated carbocycles. The lowest BCUT2D eigenvalue weighted by Crippen LogP contribution is -2.35. The minimum absolute atomic E-state index is 0.111. The maximum absolute atomic E-state index is 12.1. The van der Waals surface area contributed by atoms with Crippen molar-refractivity contribution < 1.29 is 19.1 Å². The molecule has 6 heteroatoms. The molecule has 1 atom stereocenters. The number of carbonyl (C=O) groups is 2. The third-order valence-corrected chi connectivity index (χ3v) is 4.27. The van der Waals surface area contributed by atoms with E-state index in [9.17, 15) is 9.59 Å². The Morgan fingerprint density at radius 1 is 1.19 bits per heavy atom. The number of ether oxygens (including phenoxy) is 2. The van der Waals surface area contributed by atoms with Crippen molar-refractivity contribution in [3.05, 3.63) is 59.7 Å². The van der Waals surface area contributed by atoms with Crippen molar-refractivity contribution in [3.63, 3.8) is 0 Å². The SMILES string of the molecule is COc1ccc(CC(=O)NCC2CN(c3ccc(C)cc3)C(=O)O2)cc1. The van der Waals surface area contributed by atoms with E-state index in [2.05, 4.69) is 5.32 Å². The van der Waals surface area contributed by atoms with Gasteiger partial charge < -0.3 is 14.8 Å². The van der Waals surface area contributed by atoms with Gasteiger partial charge in [-0.05, 0) is 36.8 Å². The average molecular weight is 354 g/mol. The molecule has 0 bridgehead atoms. The van der Waals surface area contributed by atoms with E-state index >= 15 is 0 Å². The van der Waals surface area contributed by atoms with Gasteiger partial charge in [-0.15, -0.1) is 0 Å². The predicted molar refractivity (Wildman–Crippen MR) is 98.5 cm³/mol. The molecule has 1 aliphatic heterocycles. The number of methoxy groups -OCH3 is 1. The number of hydrogen-bond donors (Lipinski definition) is 1. The van der Waals surface area contributed by atoms with Gasteiger partial charge in [0.15, 0.2) is 0 Å². The molecule has 1 saturated heterocycles. The van der Waals surface area contributed by atoms with Crippen molar-refractivity contribution in [1.82, 2.24) is 5.32 Å². The minimum atomic E-state index is -0.386. The van der Waals surface area contributed by atoms with E-state index in [1.54, 1.807) is 12.0 Å². The molecule has 1 fully saturated rings. The van der Waals surface area contributed by atoms with E-state index in [1.807, 2.05) is 55.5 Å². The lowest BCUT2D eigenvalue weighted by molar-refractivity contribution is -0.120. The first-order valence-electron chi connectivity index (χ1n) is 8.49. The summed E-state index contributed by atoms with van der Waals surface area (Å²) in [5.74, 6) is 0.642. The van der Waals surface area contributed by atoms with Crippen LogP contribution in [0.5, 0.6) is 5.75 Å². The maximum atomic E-state index is 12.1. The Balaban J connectivity index is 1.49. The molecule has 1 unspecified atom stereocenters. The van der Waals surface area contributed by atoms with E-state index in [1.165, 1.54) is 0 Å². The summed E-state index contributed by atoms with van der Waals surface area (Å²) in [6, 6.07) is 15.0. The van der Waals surface area contributed by atoms with Crippen molar-refractivity contribution in [1.29, 1.82) is 0 Å². The second kappa shape index (κ2) is 7.91. The fraction of sp³-hybridized carbons (Fsp3) is 0.300. The predicted octanol–water partition coefficient (Wildman–Crippen LogP) is 2.69. The molecule has 2 aromatic rings. The number of aryl methyl sites for hydroxylation is 1. The summed E-state index contributed by atoms with van der Waals surface area (Å²) in [6.45, 7) is 2.71. The van der Waals surface area contributed by atoms with Gasteiger partial charge in [-0.2, -0.15) is 0 Å². The largest absolute Gasteiger partial charge is 0.497 e. The molecule has 26 heavy (non-hydrogen) atoms. The fourth-order valence-electron chi connectivity index (χ4n) is 2.78. The lowest BCUT2D eigenvalue weighted by atomic mass is 10.1. The third kappa shape index (κ3) is 4.33. The van der Waals surface area contributed by atoms with Crippen LogP contribution >= 0.6 is 0 Å². The Labute approximate surface area is 152 Å². The Bertz CT molecular complexity index is 771. The molecule has 2 aromatic carbocycles. The minimum Gasteiger partial charge on any atom is -0.497 e. The fourth-order valence-corrected chi connectivity index (χ4v) is 2.78. The van der Waals surface area contributed by atoms with E-state index in [-0.39, 0.29) is 24.5 Å². The molecular formula is C20H22N2O4. The molecule has 0 spiro atoms. The Morgan fingerprint density at radius 3 is 2.54 bits per heavy atom. The van der Waals surface area contributed by atoms with Crippen molar-refractivity contribution in [2.24, 2.45) is 0 Å². The molecule has 0 aliphatic carbocycles. The highest BCUT2D eigenvalue weighted by atomic mass is 16.6. The number of rotatable bonds is 6. The van der Waals surface area contributed by atoms with Crippen LogP contribution in [0.2, 0.25) is 0 Å². The summed E-state index contributed by atoms with van der Waals surface area (Å²) >= 11 is 0. The van der Waals surface area contributed by atoms with Gasteiger partial charge in [0, 0.05) is 5.69 Å². The molecule has 0 radical (unpaired) electrons. The van der Waals surface area contributed by atoms with Gasteiger partial charge in [-0.25, -0.2) is 4.79 Å². The Hall–Kier alpha value is -3.02. The van der Waals surface area contributed by atoms with Crippen LogP contribution in [-0.2, 0) is 16.0 Å². The Morgan fingerprint density at radius 2 is 1.88 bits per heavy atom. The molecule has 6 nitrogen and oxygen atoms in total. The highest BCUT2D eigenvalue weighted by Gasteiger charge is 2.32. The second-order valence-corrected chi connectivity index (χ2v) is 6.28. The van der Waals surface area contributed by atoms with Gasteiger partial charge >= 0.3 is 6.09 Å². The van der Waals surface area contributed by atoms with Crippen LogP contribution in [0.25, 0.3) is 0 Å². The Kier molecular flexibility index (Phi) is 5.41. The molecule has 3 rings (SSSR count). The van der Waals surface area contributed by atoms with Gasteiger partial charge in [0.05, 0.1) is 26.6 Å². The zero-order valence-electron chi connectivity index (χ0n) is 14.9. The first kappa shape index (κ1) is 17.8. The first-order valence-corrected chi connectivity index (χ1v) is 8.49. The zero-order valence-corrected chi connectivity index (χ0v) is 14.9. The van der Waals surface area contributed by atoms with E-state index in [0.29, 0.717) is 13.1 Å². The van der Waals surface area contributed by atoms with Crippen molar-refractivity contribution in [3.8, 4) is 5.75 Å². The third-order valence-electron chi connectivity index (χ3n) is 4.27. The van der Waals surface area contributed by atoms with Crippen LogP contribution < -0.4 is 15.0 Å². The van der Waals surface area contributed by atoms with E-state index < -0.39 is 0 Å². The van der Waals surface area contributed by atoms with Crippen molar-refractivity contribution in [2.45, 2.75) is 19.4 Å². The van der Waals surface area contributed by atoms with Crippen LogP contribution in [0.4, 0.5) is 10.5 Å². The number of amides is 2. The highest BCUT2D eigenvalue weighted by Crippen LogP contribution is 2.21. The van der Waals surface area contributed by atoms with Crippen LogP contribution in [-0.4, -0.2) is 38.3 Å². The summed E-state index contributed by atoms with van der Waals surface area (Å²) in [5.41, 5.74) is 2.82. The molecule has 136 valence electrons. The van der Waals surface area contributed by atoms with Crippen molar-refractivity contribution in [2.75, 3.05) is 25.1 Å². The molecular weight excluding hydrogens is 332 g/mol. The number of carbonyl (C=O) groups excluding carboxylic acids is 2. The van der Waals surface area contributed by atoms with Gasteiger partial charge in [-0.3, -0.25) is 9.69 Å². The highest BCUT2D eigenvalue weighted by molar-refractivity contribution is 5.89. The van der Waals surface area contributed by atoms with Gasteiger partial charge in [0.1, 0.15) is 11.9 Å². The maximum Gasteiger partial charge on any atom is 0.414 e. The molecule has 1 N–H and O–H groups in total. The normalized spacial score (nSPS) is 16.3. The van der Waals surface area contributed by atoms with Gasteiger partial charge in [0.2, 0.25) is 5.91 Å². The zero-order chi connectivity index (χ0) is 18.5. The summed E-state index contributed by atoms with van der Waals surface area (Å²) < 4.78 is 10.4. The number of cyclic esters (lactones) is 1. The van der Waals surface area contributed by atoms with Crippen LogP contribution in [0, 0.1) is 6.92 Å². The number of nitrogens with one attached hydrogen (secondary N) is 1. The molecule has 2 amide bonds. The second-order valence-electron chi connectivity index (χ2n) is 6.28. The summed E-state index contributed by atoms with van der Waals surface area (Å²) in [7, 11) is 1.60. The monoisotopic (exact) mass is 354 g/mol. The first-order chi connectivity index (χ1) is 12.5. The quantitative estimate of drug-likeness (QED) is 0.866. The van der Waals surface area contributed by atoms with E-state index in [4.69, 9.17) is 9.47 Å². The summed E-state index contributed by atoms with van der Waals surface area (Å²) in [4.78, 5) is 25.7. The molecule has 0 aromatic heterocycles.